The van der Waals surface area contributed by atoms with Crippen LogP contribution < -0.4 is 5.32 Å². The molecule has 0 aliphatic rings. The first-order valence-electron chi connectivity index (χ1n) is 7.07. The van der Waals surface area contributed by atoms with Gasteiger partial charge in [-0.05, 0) is 51.4 Å². The third kappa shape index (κ3) is 11.7. The van der Waals surface area contributed by atoms with Crippen molar-refractivity contribution in [3.63, 3.8) is 0 Å². The lowest BCUT2D eigenvalue weighted by Crippen LogP contribution is -2.26. The van der Waals surface area contributed by atoms with Crippen molar-refractivity contribution < 1.29 is 0 Å². The Morgan fingerprint density at radius 1 is 1.18 bits per heavy atom. The summed E-state index contributed by atoms with van der Waals surface area (Å²) in [5.74, 6) is 3.50. The summed E-state index contributed by atoms with van der Waals surface area (Å²) >= 11 is 0. The Balaban J connectivity index is 3.33. The molecule has 0 unspecified atom stereocenters. The molecule has 0 radical (unpaired) electrons. The maximum Gasteiger partial charge on any atom is 0.0598 e. The second-order valence-electron chi connectivity index (χ2n) is 5.14. The molecular weight excluding hydrogens is 208 g/mol. The molecule has 0 amide bonds. The van der Waals surface area contributed by atoms with Crippen molar-refractivity contribution in [3.8, 4) is 12.3 Å². The molecule has 0 aliphatic heterocycles. The number of terminal acetylenes is 1. The van der Waals surface area contributed by atoms with Crippen LogP contribution in [0.25, 0.3) is 0 Å². The van der Waals surface area contributed by atoms with Crippen LogP contribution in [-0.4, -0.2) is 37.6 Å². The molecule has 0 fully saturated rings. The van der Waals surface area contributed by atoms with Gasteiger partial charge in [0, 0.05) is 0 Å². The van der Waals surface area contributed by atoms with Crippen LogP contribution in [0.15, 0.2) is 0 Å². The fraction of sp³-hybridized carbons (Fsp3) is 0.867. The molecule has 0 spiro atoms. The maximum absolute atomic E-state index is 5.36. The quantitative estimate of drug-likeness (QED) is 0.440. The number of hydrogen-bond donors (Lipinski definition) is 1. The fourth-order valence-corrected chi connectivity index (χ4v) is 1.87. The van der Waals surface area contributed by atoms with E-state index in [0.717, 1.165) is 38.6 Å². The standard InChI is InChI=1S/C15H30N2/c1-5-11-17(12-6-2)13-9-7-8-10-16-14-15(3)4/h1,15-16H,6-14H2,2-4H3. The number of hydrogen-bond acceptors (Lipinski definition) is 2. The molecule has 0 heterocycles. The van der Waals surface area contributed by atoms with Gasteiger partial charge in [-0.2, -0.15) is 0 Å². The van der Waals surface area contributed by atoms with Crippen LogP contribution in [0.5, 0.6) is 0 Å². The van der Waals surface area contributed by atoms with Crippen molar-refractivity contribution >= 4 is 0 Å². The Hall–Kier alpha value is -0.520. The summed E-state index contributed by atoms with van der Waals surface area (Å²) in [6, 6.07) is 0. The Kier molecular flexibility index (Phi) is 11.6. The van der Waals surface area contributed by atoms with Crippen molar-refractivity contribution in [1.29, 1.82) is 0 Å². The highest BCUT2D eigenvalue weighted by Crippen LogP contribution is 1.99. The lowest BCUT2D eigenvalue weighted by atomic mass is 10.2. The van der Waals surface area contributed by atoms with Crippen LogP contribution in [0.3, 0.4) is 0 Å². The molecule has 17 heavy (non-hydrogen) atoms. The lowest BCUT2D eigenvalue weighted by molar-refractivity contribution is 0.299. The van der Waals surface area contributed by atoms with Gasteiger partial charge in [0.15, 0.2) is 0 Å². The highest BCUT2D eigenvalue weighted by Gasteiger charge is 2.01. The molecule has 0 rings (SSSR count). The SMILES string of the molecule is C#CCN(CCC)CCCCCNCC(C)C. The number of rotatable bonds is 11. The first kappa shape index (κ1) is 16.5. The van der Waals surface area contributed by atoms with Crippen LogP contribution in [0.2, 0.25) is 0 Å². The predicted octanol–water partition coefficient (Wildman–Crippen LogP) is 2.75. The van der Waals surface area contributed by atoms with E-state index in [-0.39, 0.29) is 0 Å². The summed E-state index contributed by atoms with van der Waals surface area (Å²) in [5.41, 5.74) is 0. The van der Waals surface area contributed by atoms with Crippen molar-refractivity contribution in [1.82, 2.24) is 10.2 Å². The van der Waals surface area contributed by atoms with Gasteiger partial charge in [-0.1, -0.05) is 33.1 Å². The van der Waals surface area contributed by atoms with Gasteiger partial charge in [-0.15, -0.1) is 6.42 Å². The van der Waals surface area contributed by atoms with Gasteiger partial charge >= 0.3 is 0 Å². The maximum atomic E-state index is 5.36. The molecule has 0 aromatic heterocycles. The third-order valence-corrected chi connectivity index (χ3v) is 2.74. The number of nitrogens with one attached hydrogen (secondary N) is 1. The zero-order valence-corrected chi connectivity index (χ0v) is 12.0. The number of unbranched alkanes of at least 4 members (excludes halogenated alkanes) is 2. The van der Waals surface area contributed by atoms with E-state index >= 15 is 0 Å². The minimum absolute atomic E-state index is 0.755. The molecule has 0 saturated carbocycles. The average molecular weight is 238 g/mol. The second kappa shape index (κ2) is 12.0. The fourth-order valence-electron chi connectivity index (χ4n) is 1.87. The van der Waals surface area contributed by atoms with Crippen LogP contribution in [0.1, 0.15) is 46.5 Å². The minimum atomic E-state index is 0.755. The molecule has 2 nitrogen and oxygen atoms in total. The average Bonchev–Trinajstić information content (AvgIpc) is 2.28. The molecule has 1 N–H and O–H groups in total. The summed E-state index contributed by atoms with van der Waals surface area (Å²) in [6.07, 6.45) is 10.4. The zero-order chi connectivity index (χ0) is 12.9. The first-order valence-corrected chi connectivity index (χ1v) is 7.07. The molecule has 0 bridgehead atoms. The summed E-state index contributed by atoms with van der Waals surface area (Å²) in [5, 5.41) is 3.48. The topological polar surface area (TPSA) is 15.3 Å². The Bertz CT molecular complexity index is 194. The molecule has 0 saturated heterocycles. The summed E-state index contributed by atoms with van der Waals surface area (Å²) in [6.45, 7) is 12.1. The van der Waals surface area contributed by atoms with E-state index in [4.69, 9.17) is 6.42 Å². The van der Waals surface area contributed by atoms with Gasteiger partial charge in [0.05, 0.1) is 6.54 Å². The minimum Gasteiger partial charge on any atom is -0.316 e. The van der Waals surface area contributed by atoms with E-state index in [1.54, 1.807) is 0 Å². The van der Waals surface area contributed by atoms with Gasteiger partial charge in [-0.3, -0.25) is 4.90 Å². The largest absolute Gasteiger partial charge is 0.316 e. The molecule has 0 atom stereocenters. The molecular formula is C15H30N2. The first-order chi connectivity index (χ1) is 8.20. The molecule has 100 valence electrons. The van der Waals surface area contributed by atoms with E-state index in [9.17, 15) is 0 Å². The summed E-state index contributed by atoms with van der Waals surface area (Å²) in [4.78, 5) is 2.38. The molecule has 0 aliphatic carbocycles. The van der Waals surface area contributed by atoms with Crippen molar-refractivity contribution in [2.75, 3.05) is 32.7 Å². The molecule has 0 aromatic rings. The Morgan fingerprint density at radius 2 is 1.94 bits per heavy atom. The lowest BCUT2D eigenvalue weighted by Gasteiger charge is -2.18. The normalized spacial score (nSPS) is 11.1. The summed E-state index contributed by atoms with van der Waals surface area (Å²) in [7, 11) is 0. The Labute approximate surface area is 108 Å². The van der Waals surface area contributed by atoms with Gasteiger partial charge < -0.3 is 5.32 Å². The van der Waals surface area contributed by atoms with Gasteiger partial charge in [0.1, 0.15) is 0 Å². The number of nitrogens with zero attached hydrogens (tertiary/aromatic N) is 1. The predicted molar refractivity (Wildman–Crippen MR) is 77.1 cm³/mol. The van der Waals surface area contributed by atoms with E-state index in [1.807, 2.05) is 0 Å². The van der Waals surface area contributed by atoms with Gasteiger partial charge in [0.25, 0.3) is 0 Å². The van der Waals surface area contributed by atoms with E-state index in [2.05, 4.69) is 36.9 Å². The van der Waals surface area contributed by atoms with Crippen LogP contribution in [0.4, 0.5) is 0 Å². The highest BCUT2D eigenvalue weighted by molar-refractivity contribution is 4.87. The van der Waals surface area contributed by atoms with Gasteiger partial charge in [-0.25, -0.2) is 0 Å². The van der Waals surface area contributed by atoms with E-state index in [0.29, 0.717) is 0 Å². The van der Waals surface area contributed by atoms with Gasteiger partial charge in [0.2, 0.25) is 0 Å². The second-order valence-corrected chi connectivity index (χ2v) is 5.14. The third-order valence-electron chi connectivity index (χ3n) is 2.74. The van der Waals surface area contributed by atoms with E-state index < -0.39 is 0 Å². The summed E-state index contributed by atoms with van der Waals surface area (Å²) < 4.78 is 0. The van der Waals surface area contributed by atoms with E-state index in [1.165, 1.54) is 25.7 Å². The smallest absolute Gasteiger partial charge is 0.0598 e. The van der Waals surface area contributed by atoms with Crippen LogP contribution in [-0.2, 0) is 0 Å². The Morgan fingerprint density at radius 3 is 2.53 bits per heavy atom. The van der Waals surface area contributed by atoms with Crippen LogP contribution >= 0.6 is 0 Å². The highest BCUT2D eigenvalue weighted by atomic mass is 15.1. The van der Waals surface area contributed by atoms with Crippen molar-refractivity contribution in [2.24, 2.45) is 5.92 Å². The van der Waals surface area contributed by atoms with Crippen LogP contribution in [0, 0.1) is 18.3 Å². The monoisotopic (exact) mass is 238 g/mol. The van der Waals surface area contributed by atoms with Crippen molar-refractivity contribution in [2.45, 2.75) is 46.5 Å². The molecule has 2 heteroatoms. The van der Waals surface area contributed by atoms with Crippen molar-refractivity contribution in [3.05, 3.63) is 0 Å². The zero-order valence-electron chi connectivity index (χ0n) is 12.0. The molecule has 0 aromatic carbocycles.